The van der Waals surface area contributed by atoms with Gasteiger partial charge in [0.05, 0.1) is 6.61 Å². The third-order valence-corrected chi connectivity index (χ3v) is 3.81. The van der Waals surface area contributed by atoms with Gasteiger partial charge in [0, 0.05) is 10.9 Å². The fourth-order valence-corrected chi connectivity index (χ4v) is 2.14. The number of esters is 1. The minimum absolute atomic E-state index is 0.143. The highest BCUT2D eigenvalue weighted by molar-refractivity contribution is 7.15. The number of anilines is 1. The lowest BCUT2D eigenvalue weighted by atomic mass is 9.88. The number of hydrogen-bond donors (Lipinski definition) is 1. The molecule has 0 saturated carbocycles. The molecule has 0 fully saturated rings. The van der Waals surface area contributed by atoms with Crippen molar-refractivity contribution in [1.82, 2.24) is 4.98 Å². The second-order valence-corrected chi connectivity index (χ2v) is 6.58. The highest BCUT2D eigenvalue weighted by Gasteiger charge is 2.22. The number of nitrogens with one attached hydrogen (secondary N) is 1. The van der Waals surface area contributed by atoms with Crippen LogP contribution in [-0.2, 0) is 4.74 Å². The summed E-state index contributed by atoms with van der Waals surface area (Å²) in [5, 5.41) is 4.12. The van der Waals surface area contributed by atoms with Crippen molar-refractivity contribution in [3.63, 3.8) is 0 Å². The average molecular weight is 270 g/mol. The summed E-state index contributed by atoms with van der Waals surface area (Å²) in [6.07, 6.45) is 0. The number of hydrogen-bond acceptors (Lipinski definition) is 5. The summed E-state index contributed by atoms with van der Waals surface area (Å²) in [4.78, 5) is 16.9. The summed E-state index contributed by atoms with van der Waals surface area (Å²) >= 11 is 1.49. The molecule has 1 N–H and O–H groups in total. The van der Waals surface area contributed by atoms with E-state index in [2.05, 4.69) is 38.0 Å². The zero-order valence-corrected chi connectivity index (χ0v) is 12.8. The van der Waals surface area contributed by atoms with Crippen LogP contribution in [0.1, 0.15) is 50.0 Å². The van der Waals surface area contributed by atoms with Gasteiger partial charge in [-0.05, 0) is 26.2 Å². The fraction of sp³-hybridized carbons (Fsp3) is 0.692. The molecule has 4 nitrogen and oxygen atoms in total. The zero-order valence-electron chi connectivity index (χ0n) is 12.0. The van der Waals surface area contributed by atoms with E-state index in [9.17, 15) is 4.79 Å². The van der Waals surface area contributed by atoms with E-state index in [0.29, 0.717) is 12.3 Å². The highest BCUT2D eigenvalue weighted by atomic mass is 32.1. The van der Waals surface area contributed by atoms with Crippen LogP contribution in [-0.4, -0.2) is 23.6 Å². The molecule has 1 atom stereocenters. The summed E-state index contributed by atoms with van der Waals surface area (Å²) in [7, 11) is 0. The molecule has 0 saturated heterocycles. The lowest BCUT2D eigenvalue weighted by Crippen LogP contribution is -2.30. The first-order chi connectivity index (χ1) is 8.25. The molecule has 102 valence electrons. The van der Waals surface area contributed by atoms with Crippen LogP contribution in [0.3, 0.4) is 0 Å². The Morgan fingerprint density at radius 1 is 1.50 bits per heavy atom. The van der Waals surface area contributed by atoms with Gasteiger partial charge in [-0.1, -0.05) is 20.8 Å². The van der Waals surface area contributed by atoms with Crippen molar-refractivity contribution in [2.24, 2.45) is 5.41 Å². The quantitative estimate of drug-likeness (QED) is 0.851. The van der Waals surface area contributed by atoms with Gasteiger partial charge in [0.25, 0.3) is 0 Å². The van der Waals surface area contributed by atoms with Gasteiger partial charge < -0.3 is 10.1 Å². The lowest BCUT2D eigenvalue weighted by molar-refractivity contribution is 0.0519. The van der Waals surface area contributed by atoms with E-state index in [1.807, 2.05) is 6.92 Å². The summed E-state index contributed by atoms with van der Waals surface area (Å²) in [6, 6.07) is 0.276. The number of aryl methyl sites for hydroxylation is 1. The van der Waals surface area contributed by atoms with Gasteiger partial charge in [-0.2, -0.15) is 0 Å². The molecular weight excluding hydrogens is 248 g/mol. The summed E-state index contributed by atoms with van der Waals surface area (Å²) in [6.45, 7) is 12.7. The molecule has 18 heavy (non-hydrogen) atoms. The minimum Gasteiger partial charge on any atom is -0.461 e. The van der Waals surface area contributed by atoms with Crippen LogP contribution < -0.4 is 5.32 Å². The Kier molecular flexibility index (Phi) is 4.73. The topological polar surface area (TPSA) is 51.2 Å². The Bertz CT molecular complexity index is 421. The van der Waals surface area contributed by atoms with E-state index in [1.165, 1.54) is 11.3 Å². The fourth-order valence-electron chi connectivity index (χ4n) is 1.25. The lowest BCUT2D eigenvalue weighted by Gasteiger charge is -2.27. The third kappa shape index (κ3) is 3.70. The first kappa shape index (κ1) is 15.0. The number of carbonyl (C=O) groups excluding carboxylic acids is 1. The number of ether oxygens (including phenoxy) is 1. The first-order valence-corrected chi connectivity index (χ1v) is 6.98. The molecule has 1 aromatic heterocycles. The van der Waals surface area contributed by atoms with Crippen LogP contribution in [0.5, 0.6) is 0 Å². The molecule has 1 rings (SSSR count). The highest BCUT2D eigenvalue weighted by Crippen LogP contribution is 2.27. The van der Waals surface area contributed by atoms with E-state index in [0.717, 1.165) is 10.0 Å². The first-order valence-electron chi connectivity index (χ1n) is 6.16. The van der Waals surface area contributed by atoms with E-state index >= 15 is 0 Å². The maximum Gasteiger partial charge on any atom is 0.358 e. The Labute approximate surface area is 113 Å². The molecule has 1 aromatic rings. The summed E-state index contributed by atoms with van der Waals surface area (Å²) in [5.41, 5.74) is 0.564. The third-order valence-electron chi connectivity index (χ3n) is 2.90. The summed E-state index contributed by atoms with van der Waals surface area (Å²) < 4.78 is 4.97. The van der Waals surface area contributed by atoms with E-state index in [-0.39, 0.29) is 17.4 Å². The van der Waals surface area contributed by atoms with Gasteiger partial charge in [-0.15, -0.1) is 11.3 Å². The molecule has 0 spiro atoms. The largest absolute Gasteiger partial charge is 0.461 e. The smallest absolute Gasteiger partial charge is 0.358 e. The van der Waals surface area contributed by atoms with E-state index in [4.69, 9.17) is 4.74 Å². The molecular formula is C13H22N2O2S. The normalized spacial score (nSPS) is 13.2. The van der Waals surface area contributed by atoms with Crippen LogP contribution in [0.4, 0.5) is 5.13 Å². The molecule has 1 unspecified atom stereocenters. The van der Waals surface area contributed by atoms with Crippen molar-refractivity contribution in [3.8, 4) is 0 Å². The number of carbonyl (C=O) groups is 1. The monoisotopic (exact) mass is 270 g/mol. The number of nitrogens with zero attached hydrogens (tertiary/aromatic N) is 1. The number of aromatic nitrogens is 1. The average Bonchev–Trinajstić information content (AvgIpc) is 2.58. The molecule has 0 bridgehead atoms. The maximum atomic E-state index is 11.7. The molecule has 5 heteroatoms. The molecule has 0 aromatic carbocycles. The number of rotatable bonds is 4. The van der Waals surface area contributed by atoms with Gasteiger partial charge in [0.15, 0.2) is 10.8 Å². The molecule has 1 heterocycles. The van der Waals surface area contributed by atoms with Crippen molar-refractivity contribution in [1.29, 1.82) is 0 Å². The molecule has 0 aliphatic carbocycles. The van der Waals surface area contributed by atoms with Crippen molar-refractivity contribution in [2.45, 2.75) is 47.6 Å². The van der Waals surface area contributed by atoms with E-state index < -0.39 is 0 Å². The molecule has 0 aliphatic heterocycles. The second kappa shape index (κ2) is 5.69. The van der Waals surface area contributed by atoms with Gasteiger partial charge in [-0.3, -0.25) is 0 Å². The van der Waals surface area contributed by atoms with Crippen molar-refractivity contribution < 1.29 is 9.53 Å². The predicted molar refractivity (Wildman–Crippen MR) is 75.3 cm³/mol. The van der Waals surface area contributed by atoms with Gasteiger partial charge in [-0.25, -0.2) is 9.78 Å². The van der Waals surface area contributed by atoms with Crippen LogP contribution >= 0.6 is 11.3 Å². The van der Waals surface area contributed by atoms with Crippen molar-refractivity contribution in [3.05, 3.63) is 10.6 Å². The Morgan fingerprint density at radius 3 is 2.61 bits per heavy atom. The molecule has 0 aliphatic rings. The van der Waals surface area contributed by atoms with Crippen LogP contribution in [0, 0.1) is 12.3 Å². The van der Waals surface area contributed by atoms with Crippen LogP contribution in [0.15, 0.2) is 0 Å². The minimum atomic E-state index is -0.345. The van der Waals surface area contributed by atoms with Crippen LogP contribution in [0.25, 0.3) is 0 Å². The SMILES string of the molecule is CCOC(=O)c1nc(NC(C)C(C)(C)C)sc1C. The molecule has 0 radical (unpaired) electrons. The Hall–Kier alpha value is -1.10. The number of thiazole rings is 1. The van der Waals surface area contributed by atoms with Crippen molar-refractivity contribution >= 4 is 22.4 Å². The Morgan fingerprint density at radius 2 is 2.11 bits per heavy atom. The van der Waals surface area contributed by atoms with Crippen LogP contribution in [0.2, 0.25) is 0 Å². The van der Waals surface area contributed by atoms with Gasteiger partial charge in [0.2, 0.25) is 0 Å². The molecule has 0 amide bonds. The Balaban J connectivity index is 2.82. The van der Waals surface area contributed by atoms with Gasteiger partial charge >= 0.3 is 5.97 Å². The van der Waals surface area contributed by atoms with Gasteiger partial charge in [0.1, 0.15) is 0 Å². The maximum absolute atomic E-state index is 11.7. The standard InChI is InChI=1S/C13H22N2O2S/c1-7-17-11(16)10-8(2)18-12(15-10)14-9(3)13(4,5)6/h9H,7H2,1-6H3,(H,14,15). The second-order valence-electron chi connectivity index (χ2n) is 5.38. The summed E-state index contributed by atoms with van der Waals surface area (Å²) in [5.74, 6) is -0.345. The van der Waals surface area contributed by atoms with Crippen molar-refractivity contribution in [2.75, 3.05) is 11.9 Å². The zero-order chi connectivity index (χ0) is 13.9. The predicted octanol–water partition coefficient (Wildman–Crippen LogP) is 3.47. The van der Waals surface area contributed by atoms with E-state index in [1.54, 1.807) is 6.92 Å².